The molecular weight excluding hydrogens is 465 g/mol. The van der Waals surface area contributed by atoms with Crippen molar-refractivity contribution in [1.29, 1.82) is 0 Å². The fraction of sp³-hybridized carbons (Fsp3) is 0.381. The van der Waals surface area contributed by atoms with E-state index in [1.54, 1.807) is 7.11 Å². The van der Waals surface area contributed by atoms with Gasteiger partial charge >= 0.3 is 0 Å². The van der Waals surface area contributed by atoms with Crippen LogP contribution in [0.1, 0.15) is 38.4 Å². The van der Waals surface area contributed by atoms with Crippen molar-refractivity contribution in [3.8, 4) is 11.4 Å². The van der Waals surface area contributed by atoms with Crippen LogP contribution < -0.4 is 10.1 Å². The summed E-state index contributed by atoms with van der Waals surface area (Å²) in [6.07, 6.45) is 4.53. The van der Waals surface area contributed by atoms with Gasteiger partial charge in [0.15, 0.2) is 5.82 Å². The van der Waals surface area contributed by atoms with Gasteiger partial charge in [0.25, 0.3) is 0 Å². The normalized spacial score (nSPS) is 22.0. The summed E-state index contributed by atoms with van der Waals surface area (Å²) in [6, 6.07) is 16.4. The van der Waals surface area contributed by atoms with E-state index in [0.717, 1.165) is 42.2 Å². The Kier molecular flexibility index (Phi) is 5.52. The third-order valence-corrected chi connectivity index (χ3v) is 6.42. The molecule has 0 spiro atoms. The summed E-state index contributed by atoms with van der Waals surface area (Å²) < 4.78 is 8.37. The summed E-state index contributed by atoms with van der Waals surface area (Å²) >= 11 is 2.33. The van der Waals surface area contributed by atoms with Crippen LogP contribution in [0, 0.1) is 9.49 Å². The lowest BCUT2D eigenvalue weighted by Crippen LogP contribution is -2.46. The maximum absolute atomic E-state index is 5.28. The van der Waals surface area contributed by atoms with Gasteiger partial charge in [-0.1, -0.05) is 19.8 Å². The summed E-state index contributed by atoms with van der Waals surface area (Å²) in [5.74, 6) is 2.09. The van der Waals surface area contributed by atoms with Crippen molar-refractivity contribution >= 4 is 28.3 Å². The zero-order chi connectivity index (χ0) is 19.6. The quantitative estimate of drug-likeness (QED) is 0.522. The maximum atomic E-state index is 5.28. The molecule has 1 heterocycles. The lowest BCUT2D eigenvalue weighted by Gasteiger charge is -2.42. The molecule has 1 aromatic heterocycles. The Morgan fingerprint density at radius 3 is 2.54 bits per heavy atom. The van der Waals surface area contributed by atoms with E-state index >= 15 is 0 Å². The van der Waals surface area contributed by atoms with Gasteiger partial charge in [-0.05, 0) is 100 Å². The summed E-state index contributed by atoms with van der Waals surface area (Å²) in [5, 5.41) is 16.7. The molecule has 0 unspecified atom stereocenters. The van der Waals surface area contributed by atoms with Crippen LogP contribution in [0.15, 0.2) is 48.5 Å². The molecule has 146 valence electrons. The molecule has 6 nitrogen and oxygen atoms in total. The van der Waals surface area contributed by atoms with Gasteiger partial charge in [0, 0.05) is 9.26 Å². The molecule has 1 aliphatic rings. The van der Waals surface area contributed by atoms with Crippen LogP contribution in [0.2, 0.25) is 0 Å². The van der Waals surface area contributed by atoms with Crippen LogP contribution >= 0.6 is 22.6 Å². The molecule has 3 aromatic rings. The lowest BCUT2D eigenvalue weighted by molar-refractivity contribution is 0.215. The minimum Gasteiger partial charge on any atom is -0.497 e. The zero-order valence-electron chi connectivity index (χ0n) is 16.1. The maximum Gasteiger partial charge on any atom is 0.182 e. The van der Waals surface area contributed by atoms with Gasteiger partial charge in [-0.2, -0.15) is 4.68 Å². The van der Waals surface area contributed by atoms with E-state index in [2.05, 4.69) is 74.6 Å². The smallest absolute Gasteiger partial charge is 0.182 e. The second-order valence-corrected chi connectivity index (χ2v) is 8.61. The number of hydrogen-bond donors (Lipinski definition) is 1. The molecule has 0 bridgehead atoms. The molecule has 1 N–H and O–H groups in total. The number of nitrogens with zero attached hydrogens (tertiary/aromatic N) is 4. The number of aromatic nitrogens is 4. The zero-order valence-corrected chi connectivity index (χ0v) is 18.3. The van der Waals surface area contributed by atoms with Gasteiger partial charge < -0.3 is 10.1 Å². The van der Waals surface area contributed by atoms with Crippen molar-refractivity contribution in [2.45, 2.75) is 38.1 Å². The summed E-state index contributed by atoms with van der Waals surface area (Å²) in [7, 11) is 1.67. The largest absolute Gasteiger partial charge is 0.497 e. The molecule has 1 aliphatic carbocycles. The van der Waals surface area contributed by atoms with E-state index in [-0.39, 0.29) is 5.54 Å². The lowest BCUT2D eigenvalue weighted by atomic mass is 9.72. The van der Waals surface area contributed by atoms with Crippen molar-refractivity contribution in [2.24, 2.45) is 5.92 Å². The van der Waals surface area contributed by atoms with Gasteiger partial charge in [0.2, 0.25) is 0 Å². The standard InChI is InChI=1S/C21H24IN5O/c1-15-5-3-4-14-21(15,23-17-8-6-16(22)7-9-17)20-24-25-26-27(20)18-10-12-19(28-2)13-11-18/h6-13,15,23H,3-5,14H2,1-2H3/t15-,21-/m0/s1. The first-order valence-electron chi connectivity index (χ1n) is 9.59. The Morgan fingerprint density at radius 1 is 1.11 bits per heavy atom. The number of hydrogen-bond acceptors (Lipinski definition) is 5. The SMILES string of the molecule is COc1ccc(-n2nnnc2[C@]2(Nc3ccc(I)cc3)CCCC[C@@H]2C)cc1. The molecule has 28 heavy (non-hydrogen) atoms. The average Bonchev–Trinajstić information content (AvgIpc) is 3.22. The van der Waals surface area contributed by atoms with Crippen molar-refractivity contribution in [2.75, 3.05) is 12.4 Å². The fourth-order valence-corrected chi connectivity index (χ4v) is 4.43. The highest BCUT2D eigenvalue weighted by atomic mass is 127. The van der Waals surface area contributed by atoms with Crippen molar-refractivity contribution in [3.63, 3.8) is 0 Å². The van der Waals surface area contributed by atoms with Crippen LogP contribution in [0.4, 0.5) is 5.69 Å². The first-order chi connectivity index (χ1) is 13.6. The molecule has 1 fully saturated rings. The van der Waals surface area contributed by atoms with Gasteiger partial charge in [0.05, 0.1) is 12.8 Å². The molecule has 1 saturated carbocycles. The molecule has 0 radical (unpaired) electrons. The van der Waals surface area contributed by atoms with Crippen molar-refractivity contribution < 1.29 is 4.74 Å². The van der Waals surface area contributed by atoms with E-state index in [1.165, 1.54) is 9.99 Å². The Morgan fingerprint density at radius 2 is 1.86 bits per heavy atom. The number of methoxy groups -OCH3 is 1. The molecule has 0 saturated heterocycles. The Balaban J connectivity index is 1.77. The van der Waals surface area contributed by atoms with Crippen LogP contribution in [-0.2, 0) is 5.54 Å². The molecule has 7 heteroatoms. The number of anilines is 1. The number of nitrogens with one attached hydrogen (secondary N) is 1. The topological polar surface area (TPSA) is 64.9 Å². The molecule has 0 amide bonds. The monoisotopic (exact) mass is 489 g/mol. The van der Waals surface area contributed by atoms with Crippen LogP contribution in [0.25, 0.3) is 5.69 Å². The van der Waals surface area contributed by atoms with E-state index < -0.39 is 0 Å². The first kappa shape index (κ1) is 19.2. The molecule has 0 aliphatic heterocycles. The molecule has 2 atom stereocenters. The van der Waals surface area contributed by atoms with E-state index in [0.29, 0.717) is 5.92 Å². The highest BCUT2D eigenvalue weighted by Gasteiger charge is 2.44. The number of rotatable bonds is 5. The Bertz CT molecular complexity index is 925. The third-order valence-electron chi connectivity index (χ3n) is 5.70. The van der Waals surface area contributed by atoms with Crippen molar-refractivity contribution in [1.82, 2.24) is 20.2 Å². The number of ether oxygens (including phenoxy) is 1. The molecule has 4 rings (SSSR count). The highest BCUT2D eigenvalue weighted by Crippen LogP contribution is 2.43. The summed E-state index contributed by atoms with van der Waals surface area (Å²) in [6.45, 7) is 2.30. The first-order valence-corrected chi connectivity index (χ1v) is 10.7. The minimum atomic E-state index is -0.311. The van der Waals surface area contributed by atoms with Crippen LogP contribution in [0.3, 0.4) is 0 Å². The number of tetrazole rings is 1. The Hall–Kier alpha value is -2.16. The average molecular weight is 489 g/mol. The molecule has 2 aromatic carbocycles. The van der Waals surface area contributed by atoms with Gasteiger partial charge in [-0.3, -0.25) is 0 Å². The molecular formula is C21H24IN5O. The van der Waals surface area contributed by atoms with Crippen LogP contribution in [-0.4, -0.2) is 27.3 Å². The summed E-state index contributed by atoms with van der Waals surface area (Å²) in [4.78, 5) is 0. The van der Waals surface area contributed by atoms with E-state index in [4.69, 9.17) is 4.74 Å². The predicted octanol–water partition coefficient (Wildman–Crippen LogP) is 4.79. The van der Waals surface area contributed by atoms with Crippen molar-refractivity contribution in [3.05, 3.63) is 57.9 Å². The minimum absolute atomic E-state index is 0.311. The number of halogens is 1. The van der Waals surface area contributed by atoms with E-state index in [1.807, 2.05) is 28.9 Å². The fourth-order valence-electron chi connectivity index (χ4n) is 4.07. The Labute approximate surface area is 178 Å². The number of benzene rings is 2. The van der Waals surface area contributed by atoms with Crippen LogP contribution in [0.5, 0.6) is 5.75 Å². The predicted molar refractivity (Wildman–Crippen MR) is 118 cm³/mol. The van der Waals surface area contributed by atoms with Gasteiger partial charge in [-0.15, -0.1) is 5.10 Å². The second-order valence-electron chi connectivity index (χ2n) is 7.36. The third kappa shape index (κ3) is 3.59. The summed E-state index contributed by atoms with van der Waals surface area (Å²) in [5.41, 5.74) is 1.72. The second kappa shape index (κ2) is 8.06. The van der Waals surface area contributed by atoms with Gasteiger partial charge in [-0.25, -0.2) is 0 Å². The highest BCUT2D eigenvalue weighted by molar-refractivity contribution is 14.1. The van der Waals surface area contributed by atoms with Gasteiger partial charge in [0.1, 0.15) is 11.3 Å². The van der Waals surface area contributed by atoms with E-state index in [9.17, 15) is 0 Å².